The van der Waals surface area contributed by atoms with Crippen molar-refractivity contribution in [1.82, 2.24) is 5.12 Å². The second kappa shape index (κ2) is 3.71. The van der Waals surface area contributed by atoms with Gasteiger partial charge in [0.05, 0.1) is 0 Å². The number of hydrogen-bond donors (Lipinski definition) is 2. The van der Waals surface area contributed by atoms with Gasteiger partial charge in [-0.2, -0.15) is 5.12 Å². The molecule has 0 bridgehead atoms. The minimum Gasteiger partial charge on any atom is -0.431 e. The van der Waals surface area contributed by atoms with E-state index in [1.165, 1.54) is 6.92 Å². The molecule has 1 atom stereocenters. The second-order valence-corrected chi connectivity index (χ2v) is 1.60. The fourth-order valence-corrected chi connectivity index (χ4v) is 0.246. The zero-order valence-corrected chi connectivity index (χ0v) is 5.57. The minimum atomic E-state index is -0.856. The third kappa shape index (κ3) is 2.91. The second-order valence-electron chi connectivity index (χ2n) is 1.60. The lowest BCUT2D eigenvalue weighted by molar-refractivity contribution is 0.0891. The Morgan fingerprint density at radius 3 is 2.60 bits per heavy atom. The SMILES string of the molecule is C#CC(C)OC(=O)N(N)N. The maximum atomic E-state index is 10.5. The van der Waals surface area contributed by atoms with Crippen molar-refractivity contribution in [2.24, 2.45) is 11.7 Å². The van der Waals surface area contributed by atoms with Crippen LogP contribution >= 0.6 is 0 Å². The van der Waals surface area contributed by atoms with Gasteiger partial charge in [0.25, 0.3) is 0 Å². The highest BCUT2D eigenvalue weighted by molar-refractivity contribution is 5.66. The van der Waals surface area contributed by atoms with Crippen LogP contribution in [0.1, 0.15) is 6.92 Å². The summed E-state index contributed by atoms with van der Waals surface area (Å²) in [5, 5.41) is 0.327. The molecule has 0 heterocycles. The standard InChI is InChI=1S/C5H9N3O2/c1-3-4(2)10-5(9)8(6)7/h1,4H,6-7H2,2H3. The van der Waals surface area contributed by atoms with Crippen LogP contribution < -0.4 is 11.7 Å². The Bertz CT molecular complexity index is 161. The number of carbonyl (C=O) groups is 1. The van der Waals surface area contributed by atoms with Gasteiger partial charge in [-0.25, -0.2) is 16.5 Å². The summed E-state index contributed by atoms with van der Waals surface area (Å²) >= 11 is 0. The van der Waals surface area contributed by atoms with Crippen molar-refractivity contribution < 1.29 is 9.53 Å². The van der Waals surface area contributed by atoms with Crippen molar-refractivity contribution in [1.29, 1.82) is 0 Å². The van der Waals surface area contributed by atoms with Gasteiger partial charge in [0.15, 0.2) is 6.10 Å². The first-order valence-electron chi connectivity index (χ1n) is 2.54. The number of nitrogens with two attached hydrogens (primary N) is 2. The van der Waals surface area contributed by atoms with E-state index in [4.69, 9.17) is 18.1 Å². The number of amides is 1. The van der Waals surface area contributed by atoms with E-state index in [-0.39, 0.29) is 0 Å². The molecule has 0 radical (unpaired) electrons. The van der Waals surface area contributed by atoms with Gasteiger partial charge < -0.3 is 4.74 Å². The number of ether oxygens (including phenoxy) is 1. The van der Waals surface area contributed by atoms with E-state index >= 15 is 0 Å². The number of terminal acetylenes is 1. The smallest absolute Gasteiger partial charge is 0.431 e. The summed E-state index contributed by atoms with van der Waals surface area (Å²) < 4.78 is 4.46. The van der Waals surface area contributed by atoms with Gasteiger partial charge in [-0.05, 0) is 6.92 Å². The van der Waals surface area contributed by atoms with Crippen molar-refractivity contribution in [3.63, 3.8) is 0 Å². The highest BCUT2D eigenvalue weighted by atomic mass is 16.6. The van der Waals surface area contributed by atoms with Crippen molar-refractivity contribution in [2.45, 2.75) is 13.0 Å². The lowest BCUT2D eigenvalue weighted by Crippen LogP contribution is -2.44. The Labute approximate surface area is 58.9 Å². The molecule has 0 spiro atoms. The topological polar surface area (TPSA) is 81.6 Å². The largest absolute Gasteiger partial charge is 0.440 e. The predicted octanol–water partition coefficient (Wildman–Crippen LogP) is -0.806. The Balaban J connectivity index is 3.71. The molecule has 1 amide bonds. The zero-order valence-electron chi connectivity index (χ0n) is 5.57. The Kier molecular flexibility index (Phi) is 3.25. The lowest BCUT2D eigenvalue weighted by Gasteiger charge is -2.11. The quantitative estimate of drug-likeness (QED) is 0.218. The van der Waals surface area contributed by atoms with E-state index in [9.17, 15) is 4.79 Å². The van der Waals surface area contributed by atoms with Crippen LogP contribution in [0.5, 0.6) is 0 Å². The fourth-order valence-electron chi connectivity index (χ4n) is 0.246. The molecule has 0 aromatic rings. The van der Waals surface area contributed by atoms with Gasteiger partial charge in [-0.3, -0.25) is 0 Å². The van der Waals surface area contributed by atoms with Crippen LogP contribution in [-0.2, 0) is 4.74 Å². The maximum Gasteiger partial charge on any atom is 0.440 e. The molecule has 0 aliphatic carbocycles. The molecule has 0 saturated heterocycles. The number of nitrogens with zero attached hydrogens (tertiary/aromatic N) is 1. The molecule has 4 N–H and O–H groups in total. The summed E-state index contributed by atoms with van der Waals surface area (Å²) in [6.07, 6.45) is 3.43. The average Bonchev–Trinajstić information content (AvgIpc) is 1.87. The first-order valence-corrected chi connectivity index (χ1v) is 2.54. The van der Waals surface area contributed by atoms with Gasteiger partial charge in [-0.15, -0.1) is 6.42 Å². The van der Waals surface area contributed by atoms with E-state index in [1.807, 2.05) is 0 Å². The normalized spacial score (nSPS) is 11.4. The molecular formula is C5H9N3O2. The molecule has 0 aromatic carbocycles. The average molecular weight is 143 g/mol. The maximum absolute atomic E-state index is 10.5. The Morgan fingerprint density at radius 1 is 1.80 bits per heavy atom. The molecule has 0 aliphatic heterocycles. The summed E-state index contributed by atoms with van der Waals surface area (Å²) in [7, 11) is 0. The highest BCUT2D eigenvalue weighted by Crippen LogP contribution is 1.89. The van der Waals surface area contributed by atoms with Gasteiger partial charge in [0, 0.05) is 0 Å². The van der Waals surface area contributed by atoms with Crippen LogP contribution in [0.2, 0.25) is 0 Å². The number of carbonyl (C=O) groups excluding carboxylic acids is 1. The van der Waals surface area contributed by atoms with Crippen LogP contribution in [-0.4, -0.2) is 17.3 Å². The third-order valence-corrected chi connectivity index (χ3v) is 0.723. The van der Waals surface area contributed by atoms with Crippen LogP contribution in [0.15, 0.2) is 0 Å². The zero-order chi connectivity index (χ0) is 8.15. The van der Waals surface area contributed by atoms with E-state index in [1.54, 1.807) is 0 Å². The minimum absolute atomic E-state index is 0.327. The molecule has 5 heteroatoms. The first kappa shape index (κ1) is 8.75. The summed E-state index contributed by atoms with van der Waals surface area (Å²) in [5.74, 6) is 11.8. The number of hydrazine groups is 2. The van der Waals surface area contributed by atoms with Crippen molar-refractivity contribution in [2.75, 3.05) is 0 Å². The van der Waals surface area contributed by atoms with Crippen molar-refractivity contribution in [3.8, 4) is 12.3 Å². The van der Waals surface area contributed by atoms with E-state index in [2.05, 4.69) is 10.7 Å². The molecular weight excluding hydrogens is 134 g/mol. The summed E-state index contributed by atoms with van der Waals surface area (Å²) in [5.41, 5.74) is 0. The van der Waals surface area contributed by atoms with E-state index in [0.29, 0.717) is 5.12 Å². The monoisotopic (exact) mass is 143 g/mol. The summed E-state index contributed by atoms with van der Waals surface area (Å²) in [4.78, 5) is 10.5. The van der Waals surface area contributed by atoms with Gasteiger partial charge >= 0.3 is 6.09 Å². The molecule has 10 heavy (non-hydrogen) atoms. The Morgan fingerprint density at radius 2 is 2.30 bits per heavy atom. The van der Waals surface area contributed by atoms with Crippen molar-refractivity contribution >= 4 is 6.09 Å². The summed E-state index contributed by atoms with van der Waals surface area (Å²) in [6, 6.07) is 0. The predicted molar refractivity (Wildman–Crippen MR) is 35.0 cm³/mol. The van der Waals surface area contributed by atoms with Gasteiger partial charge in [0.2, 0.25) is 0 Å². The van der Waals surface area contributed by atoms with Crippen LogP contribution in [0.4, 0.5) is 4.79 Å². The van der Waals surface area contributed by atoms with E-state index < -0.39 is 12.2 Å². The molecule has 0 aromatic heterocycles. The molecule has 0 fully saturated rings. The van der Waals surface area contributed by atoms with Crippen LogP contribution in [0.25, 0.3) is 0 Å². The fraction of sp³-hybridized carbons (Fsp3) is 0.400. The molecule has 56 valence electrons. The van der Waals surface area contributed by atoms with E-state index in [0.717, 1.165) is 0 Å². The summed E-state index contributed by atoms with van der Waals surface area (Å²) in [6.45, 7) is 1.53. The van der Waals surface area contributed by atoms with Gasteiger partial charge in [-0.1, -0.05) is 5.92 Å². The lowest BCUT2D eigenvalue weighted by atomic mass is 10.4. The molecule has 0 aliphatic rings. The Hall–Kier alpha value is -1.25. The van der Waals surface area contributed by atoms with Gasteiger partial charge in [0.1, 0.15) is 0 Å². The van der Waals surface area contributed by atoms with Crippen LogP contribution in [0.3, 0.4) is 0 Å². The highest BCUT2D eigenvalue weighted by Gasteiger charge is 2.08. The number of hydrogen-bond acceptors (Lipinski definition) is 4. The molecule has 5 nitrogen and oxygen atoms in total. The van der Waals surface area contributed by atoms with Crippen LogP contribution in [0, 0.1) is 12.3 Å². The molecule has 0 saturated carbocycles. The molecule has 1 unspecified atom stereocenters. The molecule has 0 rings (SSSR count). The first-order chi connectivity index (χ1) is 4.57. The third-order valence-electron chi connectivity index (χ3n) is 0.723. The number of rotatable bonds is 1. The van der Waals surface area contributed by atoms with Crippen molar-refractivity contribution in [3.05, 3.63) is 0 Å².